The smallest absolute Gasteiger partial charge is 0.238 e. The number of hydrogen-bond donors (Lipinski definition) is 1. The molecule has 1 aromatic rings. The van der Waals surface area contributed by atoms with Crippen molar-refractivity contribution in [2.24, 2.45) is 0 Å². The maximum Gasteiger partial charge on any atom is 0.238 e. The van der Waals surface area contributed by atoms with Crippen molar-refractivity contribution in [3.05, 3.63) is 29.8 Å². The standard InChI is InChI=1S/C16H22N2O2/c1-12-4-3-5-13(10-12)17-16(20)11-18(2)14-6-8-15(19)9-7-14/h3-5,10,14H,6-9,11H2,1-2H3,(H,17,20). The summed E-state index contributed by atoms with van der Waals surface area (Å²) in [7, 11) is 1.95. The van der Waals surface area contributed by atoms with E-state index in [1.54, 1.807) is 0 Å². The van der Waals surface area contributed by atoms with Crippen molar-refractivity contribution >= 4 is 17.4 Å². The number of Topliss-reactive ketones (excluding diaryl/α,β-unsaturated/α-hetero) is 1. The molecule has 0 aliphatic heterocycles. The van der Waals surface area contributed by atoms with E-state index in [1.165, 1.54) is 0 Å². The number of anilines is 1. The molecule has 1 aliphatic carbocycles. The zero-order chi connectivity index (χ0) is 14.5. The van der Waals surface area contributed by atoms with E-state index in [1.807, 2.05) is 38.2 Å². The average Bonchev–Trinajstić information content (AvgIpc) is 2.39. The molecule has 20 heavy (non-hydrogen) atoms. The lowest BCUT2D eigenvalue weighted by Gasteiger charge is -2.30. The van der Waals surface area contributed by atoms with Crippen LogP contribution in [0.1, 0.15) is 31.2 Å². The molecule has 0 radical (unpaired) electrons. The fourth-order valence-electron chi connectivity index (χ4n) is 2.64. The summed E-state index contributed by atoms with van der Waals surface area (Å²) in [4.78, 5) is 25.3. The van der Waals surface area contributed by atoms with Gasteiger partial charge in [0.05, 0.1) is 6.54 Å². The molecule has 4 heteroatoms. The van der Waals surface area contributed by atoms with E-state index in [2.05, 4.69) is 10.2 Å². The van der Waals surface area contributed by atoms with Crippen LogP contribution in [0.4, 0.5) is 5.69 Å². The highest BCUT2D eigenvalue weighted by Gasteiger charge is 2.23. The van der Waals surface area contributed by atoms with Gasteiger partial charge in [-0.15, -0.1) is 0 Å². The highest BCUT2D eigenvalue weighted by atomic mass is 16.2. The first kappa shape index (κ1) is 14.7. The summed E-state index contributed by atoms with van der Waals surface area (Å²) >= 11 is 0. The van der Waals surface area contributed by atoms with Crippen LogP contribution in [0, 0.1) is 6.92 Å². The Morgan fingerprint density at radius 3 is 2.70 bits per heavy atom. The number of aryl methyl sites for hydroxylation is 1. The number of nitrogens with zero attached hydrogens (tertiary/aromatic N) is 1. The molecule has 0 aromatic heterocycles. The molecule has 1 aromatic carbocycles. The van der Waals surface area contributed by atoms with E-state index in [9.17, 15) is 9.59 Å². The Labute approximate surface area is 120 Å². The summed E-state index contributed by atoms with van der Waals surface area (Å²) in [6.07, 6.45) is 3.03. The first-order valence-corrected chi connectivity index (χ1v) is 7.13. The molecule has 1 fully saturated rings. The highest BCUT2D eigenvalue weighted by molar-refractivity contribution is 5.92. The minimum absolute atomic E-state index is 0.00463. The van der Waals surface area contributed by atoms with Crippen LogP contribution in [0.2, 0.25) is 0 Å². The van der Waals surface area contributed by atoms with Gasteiger partial charge in [-0.3, -0.25) is 14.5 Å². The van der Waals surface area contributed by atoms with Crippen LogP contribution < -0.4 is 5.32 Å². The van der Waals surface area contributed by atoms with Gasteiger partial charge >= 0.3 is 0 Å². The van der Waals surface area contributed by atoms with Crippen LogP contribution in [0.25, 0.3) is 0 Å². The van der Waals surface area contributed by atoms with Gasteiger partial charge in [0.2, 0.25) is 5.91 Å². The second-order valence-electron chi connectivity index (χ2n) is 5.60. The van der Waals surface area contributed by atoms with E-state index < -0.39 is 0 Å². The Hall–Kier alpha value is -1.68. The average molecular weight is 274 g/mol. The van der Waals surface area contributed by atoms with Crippen LogP contribution >= 0.6 is 0 Å². The summed E-state index contributed by atoms with van der Waals surface area (Å²) < 4.78 is 0. The summed E-state index contributed by atoms with van der Waals surface area (Å²) in [5, 5.41) is 2.91. The minimum Gasteiger partial charge on any atom is -0.325 e. The molecule has 0 saturated heterocycles. The number of hydrogen-bond acceptors (Lipinski definition) is 3. The third kappa shape index (κ3) is 4.17. The van der Waals surface area contributed by atoms with Gasteiger partial charge < -0.3 is 5.32 Å². The number of carbonyl (C=O) groups excluding carboxylic acids is 2. The highest BCUT2D eigenvalue weighted by Crippen LogP contribution is 2.19. The molecule has 2 rings (SSSR count). The van der Waals surface area contributed by atoms with Gasteiger partial charge in [-0.25, -0.2) is 0 Å². The Balaban J connectivity index is 1.83. The van der Waals surface area contributed by atoms with E-state index in [0.717, 1.165) is 24.1 Å². The molecular weight excluding hydrogens is 252 g/mol. The molecule has 0 spiro atoms. The predicted octanol–water partition coefficient (Wildman–Crippen LogP) is 2.38. The number of amides is 1. The lowest BCUT2D eigenvalue weighted by Crippen LogP contribution is -2.40. The third-order valence-corrected chi connectivity index (χ3v) is 3.83. The maximum atomic E-state index is 12.0. The molecule has 4 nitrogen and oxygen atoms in total. The van der Waals surface area contributed by atoms with Gasteiger partial charge in [-0.1, -0.05) is 12.1 Å². The second-order valence-corrected chi connectivity index (χ2v) is 5.60. The Morgan fingerprint density at radius 1 is 1.35 bits per heavy atom. The molecule has 0 heterocycles. The maximum absolute atomic E-state index is 12.0. The van der Waals surface area contributed by atoms with E-state index >= 15 is 0 Å². The number of carbonyl (C=O) groups is 2. The van der Waals surface area contributed by atoms with Crippen LogP contribution in [0.3, 0.4) is 0 Å². The number of rotatable bonds is 4. The summed E-state index contributed by atoms with van der Waals surface area (Å²) in [5.74, 6) is 0.342. The van der Waals surface area contributed by atoms with Crippen LogP contribution in [0.5, 0.6) is 0 Å². The van der Waals surface area contributed by atoms with Gasteiger partial charge in [-0.05, 0) is 44.5 Å². The summed E-state index contributed by atoms with van der Waals surface area (Å²) in [6, 6.07) is 8.12. The molecule has 108 valence electrons. The monoisotopic (exact) mass is 274 g/mol. The zero-order valence-corrected chi connectivity index (χ0v) is 12.2. The molecule has 0 unspecified atom stereocenters. The van der Waals surface area contributed by atoms with Crippen molar-refractivity contribution < 1.29 is 9.59 Å². The van der Waals surface area contributed by atoms with Gasteiger partial charge in [-0.2, -0.15) is 0 Å². The van der Waals surface area contributed by atoms with Crippen molar-refractivity contribution in [1.82, 2.24) is 4.90 Å². The third-order valence-electron chi connectivity index (χ3n) is 3.83. The number of benzene rings is 1. The zero-order valence-electron chi connectivity index (χ0n) is 12.2. The van der Waals surface area contributed by atoms with Crippen LogP contribution in [-0.2, 0) is 9.59 Å². The largest absolute Gasteiger partial charge is 0.325 e. The predicted molar refractivity (Wildman–Crippen MR) is 79.7 cm³/mol. The Morgan fingerprint density at radius 2 is 2.05 bits per heavy atom. The lowest BCUT2D eigenvalue weighted by atomic mass is 9.93. The minimum atomic E-state index is -0.00463. The topological polar surface area (TPSA) is 49.4 Å². The van der Waals surface area contributed by atoms with Crippen molar-refractivity contribution in [3.63, 3.8) is 0 Å². The fraction of sp³-hybridized carbons (Fsp3) is 0.500. The van der Waals surface area contributed by atoms with Gasteiger partial charge in [0.15, 0.2) is 0 Å². The van der Waals surface area contributed by atoms with Crippen LogP contribution in [-0.4, -0.2) is 36.2 Å². The molecule has 1 aliphatic rings. The quantitative estimate of drug-likeness (QED) is 0.917. The Bertz CT molecular complexity index is 489. The van der Waals surface area contributed by atoms with Gasteiger partial charge in [0.1, 0.15) is 5.78 Å². The van der Waals surface area contributed by atoms with Crippen LogP contribution in [0.15, 0.2) is 24.3 Å². The summed E-state index contributed by atoms with van der Waals surface area (Å²) in [6.45, 7) is 2.37. The van der Waals surface area contributed by atoms with Gasteiger partial charge in [0.25, 0.3) is 0 Å². The Kier molecular flexibility index (Phi) is 4.90. The first-order chi connectivity index (χ1) is 9.54. The number of nitrogens with one attached hydrogen (secondary N) is 1. The van der Waals surface area contributed by atoms with Gasteiger partial charge in [0, 0.05) is 24.6 Å². The van der Waals surface area contributed by atoms with Crippen molar-refractivity contribution in [3.8, 4) is 0 Å². The van der Waals surface area contributed by atoms with Crippen molar-refractivity contribution in [2.75, 3.05) is 18.9 Å². The lowest BCUT2D eigenvalue weighted by molar-refractivity contribution is -0.121. The van der Waals surface area contributed by atoms with E-state index in [4.69, 9.17) is 0 Å². The molecule has 0 bridgehead atoms. The molecule has 1 saturated carbocycles. The fourth-order valence-corrected chi connectivity index (χ4v) is 2.64. The number of ketones is 1. The first-order valence-electron chi connectivity index (χ1n) is 7.13. The normalized spacial score (nSPS) is 16.4. The second kappa shape index (κ2) is 6.66. The molecule has 0 atom stereocenters. The summed E-state index contributed by atoms with van der Waals surface area (Å²) in [5.41, 5.74) is 1.96. The van der Waals surface area contributed by atoms with E-state index in [0.29, 0.717) is 31.2 Å². The van der Waals surface area contributed by atoms with Crippen molar-refractivity contribution in [2.45, 2.75) is 38.6 Å². The molecule has 1 amide bonds. The molecular formula is C16H22N2O2. The van der Waals surface area contributed by atoms with Crippen molar-refractivity contribution in [1.29, 1.82) is 0 Å². The van der Waals surface area contributed by atoms with E-state index in [-0.39, 0.29) is 5.91 Å². The number of likely N-dealkylation sites (N-methyl/N-ethyl adjacent to an activating group) is 1. The molecule has 1 N–H and O–H groups in total. The SMILES string of the molecule is Cc1cccc(NC(=O)CN(C)C2CCC(=O)CC2)c1.